The van der Waals surface area contributed by atoms with E-state index in [-0.39, 0.29) is 10.6 Å². The molecule has 8 nitrogen and oxygen atoms in total. The minimum absolute atomic E-state index is 0.121. The second-order valence-corrected chi connectivity index (χ2v) is 8.14. The largest absolute Gasteiger partial charge is 0.452 e. The van der Waals surface area contributed by atoms with Crippen molar-refractivity contribution in [2.75, 3.05) is 11.9 Å². The lowest BCUT2D eigenvalue weighted by Gasteiger charge is -2.09. The average Bonchev–Trinajstić information content (AvgIpc) is 3.37. The Labute approximate surface area is 157 Å². The number of nitrogens with two attached hydrogens (primary N) is 1. The van der Waals surface area contributed by atoms with Gasteiger partial charge in [0.1, 0.15) is 0 Å². The van der Waals surface area contributed by atoms with Gasteiger partial charge in [0.25, 0.3) is 5.91 Å². The summed E-state index contributed by atoms with van der Waals surface area (Å²) in [5.74, 6) is -1.14. The third-order valence-corrected chi connectivity index (χ3v) is 5.31. The van der Waals surface area contributed by atoms with E-state index in [1.54, 1.807) is 6.07 Å². The molecule has 9 heteroatoms. The number of esters is 1. The molecule has 1 heterocycles. The normalized spacial score (nSPS) is 14.0. The molecule has 0 aliphatic heterocycles. The van der Waals surface area contributed by atoms with Gasteiger partial charge in [0.15, 0.2) is 6.61 Å². The summed E-state index contributed by atoms with van der Waals surface area (Å²) in [4.78, 5) is 24.2. The van der Waals surface area contributed by atoms with E-state index in [0.717, 1.165) is 24.2 Å². The fourth-order valence-electron chi connectivity index (χ4n) is 3.04. The van der Waals surface area contributed by atoms with Crippen LogP contribution >= 0.6 is 0 Å². The van der Waals surface area contributed by atoms with Crippen LogP contribution in [0.3, 0.4) is 0 Å². The number of aryl methyl sites for hydroxylation is 1. The van der Waals surface area contributed by atoms with Crippen molar-refractivity contribution in [2.45, 2.75) is 37.6 Å². The van der Waals surface area contributed by atoms with Crippen LogP contribution in [0.15, 0.2) is 35.2 Å². The van der Waals surface area contributed by atoms with Crippen molar-refractivity contribution >= 4 is 27.6 Å². The molecule has 144 valence electrons. The number of carbonyl (C=O) groups excluding carboxylic acids is 2. The van der Waals surface area contributed by atoms with Crippen molar-refractivity contribution in [1.29, 1.82) is 0 Å². The summed E-state index contributed by atoms with van der Waals surface area (Å²) in [5, 5.41) is 7.54. The number of aromatic nitrogens is 1. The zero-order valence-corrected chi connectivity index (χ0v) is 15.9. The Hall–Kier alpha value is -2.65. The van der Waals surface area contributed by atoms with Crippen LogP contribution in [-0.2, 0) is 19.6 Å². The van der Waals surface area contributed by atoms with Gasteiger partial charge in [0.2, 0.25) is 10.0 Å². The first-order chi connectivity index (χ1) is 12.7. The minimum Gasteiger partial charge on any atom is -0.452 e. The van der Waals surface area contributed by atoms with Gasteiger partial charge in [-0.1, -0.05) is 6.07 Å². The van der Waals surface area contributed by atoms with Crippen LogP contribution in [0.2, 0.25) is 0 Å². The number of benzene rings is 1. The van der Waals surface area contributed by atoms with Crippen LogP contribution in [0.25, 0.3) is 0 Å². The van der Waals surface area contributed by atoms with E-state index in [9.17, 15) is 18.0 Å². The van der Waals surface area contributed by atoms with E-state index in [2.05, 4.69) is 9.88 Å². The maximum absolute atomic E-state index is 12.3. The summed E-state index contributed by atoms with van der Waals surface area (Å²) in [6, 6.07) is 7.73. The first-order valence-corrected chi connectivity index (χ1v) is 9.99. The molecule has 0 spiro atoms. The maximum atomic E-state index is 12.3. The van der Waals surface area contributed by atoms with E-state index in [1.165, 1.54) is 24.3 Å². The number of nitrogens with zero attached hydrogens (tertiary/aromatic N) is 1. The highest BCUT2D eigenvalue weighted by atomic mass is 32.2. The van der Waals surface area contributed by atoms with Gasteiger partial charge in [-0.2, -0.15) is 0 Å². The Morgan fingerprint density at radius 3 is 2.59 bits per heavy atom. The van der Waals surface area contributed by atoms with Gasteiger partial charge < -0.3 is 14.6 Å². The molecule has 1 aromatic heterocycles. The standard InChI is InChI=1S/C18H21N3O5S/c1-11-8-16(12(2)21(11)14-6-7-14)18(23)26-10-17(22)20-13-4-3-5-15(9-13)27(19,24)25/h3-5,8-9,14H,6-7,10H2,1-2H3,(H,20,22)(H2,19,24,25). The summed E-state index contributed by atoms with van der Waals surface area (Å²) >= 11 is 0. The molecule has 0 atom stereocenters. The van der Waals surface area contributed by atoms with Crippen LogP contribution in [0.4, 0.5) is 5.69 Å². The summed E-state index contributed by atoms with van der Waals surface area (Å²) in [6.45, 7) is 3.32. The van der Waals surface area contributed by atoms with Gasteiger partial charge in [-0.3, -0.25) is 4.79 Å². The number of amides is 1. The topological polar surface area (TPSA) is 120 Å². The summed E-state index contributed by atoms with van der Waals surface area (Å²) < 4.78 is 29.9. The molecule has 1 aliphatic carbocycles. The molecule has 0 saturated heterocycles. The second kappa shape index (κ2) is 7.16. The van der Waals surface area contributed by atoms with Gasteiger partial charge in [0.05, 0.1) is 10.5 Å². The van der Waals surface area contributed by atoms with Gasteiger partial charge in [0, 0.05) is 23.1 Å². The highest BCUT2D eigenvalue weighted by Gasteiger charge is 2.28. The van der Waals surface area contributed by atoms with Gasteiger partial charge in [-0.15, -0.1) is 0 Å². The van der Waals surface area contributed by atoms with Crippen molar-refractivity contribution in [3.63, 3.8) is 0 Å². The number of rotatable bonds is 6. The Kier molecular flexibility index (Phi) is 5.07. The summed E-state index contributed by atoms with van der Waals surface area (Å²) in [7, 11) is -3.87. The first kappa shape index (κ1) is 19.1. The number of ether oxygens (including phenoxy) is 1. The molecular weight excluding hydrogens is 370 g/mol. The second-order valence-electron chi connectivity index (χ2n) is 6.58. The predicted molar refractivity (Wildman–Crippen MR) is 98.9 cm³/mol. The third-order valence-electron chi connectivity index (χ3n) is 4.40. The SMILES string of the molecule is Cc1cc(C(=O)OCC(=O)Nc2cccc(S(N)(=O)=O)c2)c(C)n1C1CC1. The van der Waals surface area contributed by atoms with E-state index >= 15 is 0 Å². The fraction of sp³-hybridized carbons (Fsp3) is 0.333. The van der Waals surface area contributed by atoms with E-state index in [0.29, 0.717) is 11.6 Å². The number of sulfonamides is 1. The van der Waals surface area contributed by atoms with Crippen LogP contribution in [0.5, 0.6) is 0 Å². The maximum Gasteiger partial charge on any atom is 0.340 e. The molecule has 1 saturated carbocycles. The lowest BCUT2D eigenvalue weighted by atomic mass is 10.2. The van der Waals surface area contributed by atoms with Gasteiger partial charge >= 0.3 is 5.97 Å². The van der Waals surface area contributed by atoms with Crippen LogP contribution < -0.4 is 10.5 Å². The minimum atomic E-state index is -3.87. The van der Waals surface area contributed by atoms with Crippen LogP contribution in [-0.4, -0.2) is 31.5 Å². The fourth-order valence-corrected chi connectivity index (χ4v) is 3.59. The monoisotopic (exact) mass is 391 g/mol. The van der Waals surface area contributed by atoms with Crippen molar-refractivity contribution in [2.24, 2.45) is 5.14 Å². The van der Waals surface area contributed by atoms with E-state index in [1.807, 2.05) is 13.8 Å². The number of hydrogen-bond acceptors (Lipinski definition) is 5. The third kappa shape index (κ3) is 4.37. The molecule has 1 aliphatic rings. The van der Waals surface area contributed by atoms with Gasteiger partial charge in [-0.05, 0) is 51.0 Å². The molecule has 3 rings (SSSR count). The molecule has 1 amide bonds. The molecule has 0 unspecified atom stereocenters. The number of carbonyl (C=O) groups is 2. The zero-order chi connectivity index (χ0) is 19.8. The first-order valence-electron chi connectivity index (χ1n) is 8.45. The molecule has 1 fully saturated rings. The molecule has 0 bridgehead atoms. The smallest absolute Gasteiger partial charge is 0.340 e. The van der Waals surface area contributed by atoms with Crippen LogP contribution in [0, 0.1) is 13.8 Å². The van der Waals surface area contributed by atoms with E-state index in [4.69, 9.17) is 9.88 Å². The average molecular weight is 391 g/mol. The van der Waals surface area contributed by atoms with Crippen molar-refractivity contribution in [1.82, 2.24) is 4.57 Å². The van der Waals surface area contributed by atoms with Crippen molar-refractivity contribution in [3.05, 3.63) is 47.3 Å². The highest BCUT2D eigenvalue weighted by molar-refractivity contribution is 7.89. The Balaban J connectivity index is 1.61. The Bertz CT molecular complexity index is 1010. The molecule has 1 aromatic carbocycles. The molecular formula is C18H21N3O5S. The predicted octanol–water partition coefficient (Wildman–Crippen LogP) is 1.88. The summed E-state index contributed by atoms with van der Waals surface area (Å²) in [5.41, 5.74) is 2.52. The number of anilines is 1. The molecule has 3 N–H and O–H groups in total. The zero-order valence-electron chi connectivity index (χ0n) is 15.1. The number of primary sulfonamides is 1. The summed E-state index contributed by atoms with van der Waals surface area (Å²) in [6.07, 6.45) is 2.20. The quantitative estimate of drug-likeness (QED) is 0.729. The number of hydrogen-bond donors (Lipinski definition) is 2. The lowest BCUT2D eigenvalue weighted by molar-refractivity contribution is -0.119. The van der Waals surface area contributed by atoms with Gasteiger partial charge in [-0.25, -0.2) is 18.4 Å². The lowest BCUT2D eigenvalue weighted by Crippen LogP contribution is -2.21. The molecule has 0 radical (unpaired) electrons. The van der Waals surface area contributed by atoms with Crippen molar-refractivity contribution in [3.8, 4) is 0 Å². The van der Waals surface area contributed by atoms with E-state index < -0.39 is 28.5 Å². The Morgan fingerprint density at radius 1 is 1.26 bits per heavy atom. The number of nitrogens with one attached hydrogen (secondary N) is 1. The Morgan fingerprint density at radius 2 is 1.96 bits per heavy atom. The highest BCUT2D eigenvalue weighted by Crippen LogP contribution is 2.38. The van der Waals surface area contributed by atoms with Crippen LogP contribution in [0.1, 0.15) is 40.6 Å². The molecule has 27 heavy (non-hydrogen) atoms. The molecule has 2 aromatic rings. The van der Waals surface area contributed by atoms with Crippen molar-refractivity contribution < 1.29 is 22.7 Å².